The highest BCUT2D eigenvalue weighted by molar-refractivity contribution is 7.22. The molecule has 1 saturated heterocycles. The van der Waals surface area contributed by atoms with E-state index >= 15 is 0 Å². The summed E-state index contributed by atoms with van der Waals surface area (Å²) in [5.41, 5.74) is 3.47. The van der Waals surface area contributed by atoms with Crippen molar-refractivity contribution in [1.29, 1.82) is 0 Å². The summed E-state index contributed by atoms with van der Waals surface area (Å²) in [5, 5.41) is 3.87. The number of amides is 1. The molecule has 1 aliphatic rings. The van der Waals surface area contributed by atoms with Gasteiger partial charge in [0.2, 0.25) is 0 Å². The monoisotopic (exact) mass is 372 g/mol. The molecule has 25 heavy (non-hydrogen) atoms. The van der Waals surface area contributed by atoms with Gasteiger partial charge >= 0.3 is 0 Å². The largest absolute Gasteiger partial charge is 0.371 e. The van der Waals surface area contributed by atoms with Crippen molar-refractivity contribution in [3.8, 4) is 0 Å². The highest BCUT2D eigenvalue weighted by Crippen LogP contribution is 2.29. The standard InChI is InChI=1S/C18H17ClN4OS/c1-11-4-6-14(23-8-2-3-9-23)12(10-11)16(24)22-18-20-13-5-7-15(19)21-17(13)25-18/h4-7,10H,2-3,8-9H2,1H3,(H,20,22,24). The SMILES string of the molecule is Cc1ccc(N2CCCC2)c(C(=O)Nc2nc3ccc(Cl)nc3s2)c1. The molecule has 7 heteroatoms. The van der Waals surface area contributed by atoms with E-state index in [1.165, 1.54) is 24.2 Å². The number of carbonyl (C=O) groups excluding carboxylic acids is 1. The van der Waals surface area contributed by atoms with Crippen LogP contribution in [0.4, 0.5) is 10.8 Å². The summed E-state index contributed by atoms with van der Waals surface area (Å²) in [5.74, 6) is -0.143. The van der Waals surface area contributed by atoms with Crippen molar-refractivity contribution in [1.82, 2.24) is 9.97 Å². The maximum atomic E-state index is 12.9. The van der Waals surface area contributed by atoms with Crippen molar-refractivity contribution in [2.75, 3.05) is 23.3 Å². The van der Waals surface area contributed by atoms with E-state index in [-0.39, 0.29) is 5.91 Å². The highest BCUT2D eigenvalue weighted by atomic mass is 35.5. The maximum Gasteiger partial charge on any atom is 0.259 e. The molecule has 0 aliphatic carbocycles. The summed E-state index contributed by atoms with van der Waals surface area (Å²) >= 11 is 7.24. The second kappa shape index (κ2) is 6.61. The van der Waals surface area contributed by atoms with Crippen molar-refractivity contribution < 1.29 is 4.79 Å². The van der Waals surface area contributed by atoms with Gasteiger partial charge < -0.3 is 4.90 Å². The summed E-state index contributed by atoms with van der Waals surface area (Å²) in [4.78, 5) is 24.5. The van der Waals surface area contributed by atoms with E-state index in [0.717, 1.165) is 29.9 Å². The third-order valence-electron chi connectivity index (χ3n) is 4.29. The van der Waals surface area contributed by atoms with Gasteiger partial charge in [0.25, 0.3) is 5.91 Å². The molecule has 1 aliphatic heterocycles. The summed E-state index contributed by atoms with van der Waals surface area (Å²) in [6, 6.07) is 9.52. The van der Waals surface area contributed by atoms with Crippen LogP contribution in [-0.4, -0.2) is 29.0 Å². The molecule has 2 aromatic heterocycles. The Morgan fingerprint density at radius 2 is 2.00 bits per heavy atom. The number of fused-ring (bicyclic) bond motifs is 1. The van der Waals surface area contributed by atoms with E-state index in [0.29, 0.717) is 20.7 Å². The van der Waals surface area contributed by atoms with E-state index in [4.69, 9.17) is 11.6 Å². The van der Waals surface area contributed by atoms with Crippen molar-refractivity contribution in [2.45, 2.75) is 19.8 Å². The number of anilines is 2. The van der Waals surface area contributed by atoms with Crippen LogP contribution in [0.5, 0.6) is 0 Å². The van der Waals surface area contributed by atoms with Gasteiger partial charge in [-0.05, 0) is 44.0 Å². The molecule has 1 fully saturated rings. The molecule has 0 bridgehead atoms. The molecule has 128 valence electrons. The molecule has 0 radical (unpaired) electrons. The number of aromatic nitrogens is 2. The van der Waals surface area contributed by atoms with E-state index < -0.39 is 0 Å². The molecule has 0 saturated carbocycles. The Labute approximate surface area is 154 Å². The number of thiazole rings is 1. The second-order valence-corrected chi connectivity index (χ2v) is 7.51. The van der Waals surface area contributed by atoms with E-state index in [2.05, 4.69) is 20.2 Å². The van der Waals surface area contributed by atoms with Crippen LogP contribution >= 0.6 is 22.9 Å². The fourth-order valence-electron chi connectivity index (χ4n) is 3.08. The number of pyridine rings is 1. The van der Waals surface area contributed by atoms with Crippen LogP contribution in [-0.2, 0) is 0 Å². The second-order valence-electron chi connectivity index (χ2n) is 6.15. The third kappa shape index (κ3) is 3.32. The zero-order chi connectivity index (χ0) is 17.4. The van der Waals surface area contributed by atoms with Gasteiger partial charge in [0.05, 0.1) is 5.56 Å². The Bertz CT molecular complexity index is 949. The maximum absolute atomic E-state index is 12.9. The van der Waals surface area contributed by atoms with Gasteiger partial charge in [-0.25, -0.2) is 9.97 Å². The molecule has 0 unspecified atom stereocenters. The Morgan fingerprint density at radius 3 is 2.80 bits per heavy atom. The lowest BCUT2D eigenvalue weighted by molar-refractivity contribution is 0.102. The van der Waals surface area contributed by atoms with Crippen molar-refractivity contribution in [2.24, 2.45) is 0 Å². The molecule has 1 N–H and O–H groups in total. The zero-order valence-electron chi connectivity index (χ0n) is 13.8. The van der Waals surface area contributed by atoms with Crippen molar-refractivity contribution in [3.05, 3.63) is 46.6 Å². The number of benzene rings is 1. The minimum Gasteiger partial charge on any atom is -0.371 e. The third-order valence-corrected chi connectivity index (χ3v) is 5.38. The van der Waals surface area contributed by atoms with Gasteiger partial charge in [-0.2, -0.15) is 0 Å². The minimum atomic E-state index is -0.143. The number of hydrogen-bond donors (Lipinski definition) is 1. The zero-order valence-corrected chi connectivity index (χ0v) is 15.3. The average molecular weight is 373 g/mol. The lowest BCUT2D eigenvalue weighted by atomic mass is 10.1. The normalized spacial score (nSPS) is 14.2. The van der Waals surface area contributed by atoms with Crippen LogP contribution < -0.4 is 10.2 Å². The fraction of sp³-hybridized carbons (Fsp3) is 0.278. The van der Waals surface area contributed by atoms with E-state index in [1.807, 2.05) is 25.1 Å². The Kier molecular flexibility index (Phi) is 4.31. The van der Waals surface area contributed by atoms with Crippen LogP contribution in [0.3, 0.4) is 0 Å². The topological polar surface area (TPSA) is 58.1 Å². The summed E-state index contributed by atoms with van der Waals surface area (Å²) in [6.45, 7) is 3.98. The average Bonchev–Trinajstić information content (AvgIpc) is 3.23. The predicted octanol–water partition coefficient (Wildman–Crippen LogP) is 4.51. The first-order chi connectivity index (χ1) is 12.1. The molecule has 0 atom stereocenters. The molecule has 4 rings (SSSR count). The molecule has 1 aromatic carbocycles. The summed E-state index contributed by atoms with van der Waals surface area (Å²) < 4.78 is 0. The molecule has 3 heterocycles. The number of hydrogen-bond acceptors (Lipinski definition) is 5. The minimum absolute atomic E-state index is 0.143. The number of nitrogens with one attached hydrogen (secondary N) is 1. The van der Waals surface area contributed by atoms with Crippen molar-refractivity contribution in [3.63, 3.8) is 0 Å². The van der Waals surface area contributed by atoms with Crippen LogP contribution in [0.1, 0.15) is 28.8 Å². The van der Waals surface area contributed by atoms with Crippen LogP contribution in [0.2, 0.25) is 5.15 Å². The Hall–Kier alpha value is -2.18. The highest BCUT2D eigenvalue weighted by Gasteiger charge is 2.20. The summed E-state index contributed by atoms with van der Waals surface area (Å²) in [7, 11) is 0. The quantitative estimate of drug-likeness (QED) is 0.687. The lowest BCUT2D eigenvalue weighted by Crippen LogP contribution is -2.23. The van der Waals surface area contributed by atoms with Crippen molar-refractivity contribution >= 4 is 50.0 Å². The van der Waals surface area contributed by atoms with Gasteiger partial charge in [0.1, 0.15) is 15.5 Å². The van der Waals surface area contributed by atoms with Gasteiger partial charge in [-0.15, -0.1) is 0 Å². The van der Waals surface area contributed by atoms with Crippen LogP contribution in [0.15, 0.2) is 30.3 Å². The molecular weight excluding hydrogens is 356 g/mol. The molecule has 5 nitrogen and oxygen atoms in total. The van der Waals surface area contributed by atoms with Gasteiger partial charge in [0, 0.05) is 18.8 Å². The fourth-order valence-corrected chi connectivity index (χ4v) is 4.11. The van der Waals surface area contributed by atoms with Gasteiger partial charge in [-0.1, -0.05) is 34.6 Å². The van der Waals surface area contributed by atoms with Gasteiger partial charge in [0.15, 0.2) is 5.13 Å². The van der Waals surface area contributed by atoms with E-state index in [9.17, 15) is 4.79 Å². The lowest BCUT2D eigenvalue weighted by Gasteiger charge is -2.21. The Balaban J connectivity index is 1.64. The molecule has 1 amide bonds. The first-order valence-corrected chi connectivity index (χ1v) is 9.40. The Morgan fingerprint density at radius 1 is 1.20 bits per heavy atom. The summed E-state index contributed by atoms with van der Waals surface area (Å²) in [6.07, 6.45) is 2.33. The first kappa shape index (κ1) is 16.3. The van der Waals surface area contributed by atoms with Crippen LogP contribution in [0, 0.1) is 6.92 Å². The van der Waals surface area contributed by atoms with E-state index in [1.54, 1.807) is 12.1 Å². The number of nitrogens with zero attached hydrogens (tertiary/aromatic N) is 3. The smallest absolute Gasteiger partial charge is 0.259 e. The number of carbonyl (C=O) groups is 1. The first-order valence-electron chi connectivity index (χ1n) is 8.20. The number of aryl methyl sites for hydroxylation is 1. The number of rotatable bonds is 3. The molecule has 3 aromatic rings. The molecule has 0 spiro atoms. The van der Waals surface area contributed by atoms with Crippen LogP contribution in [0.25, 0.3) is 10.3 Å². The molecular formula is C18H17ClN4OS. The van der Waals surface area contributed by atoms with Gasteiger partial charge in [-0.3, -0.25) is 10.1 Å². The number of halogens is 1. The predicted molar refractivity (Wildman–Crippen MR) is 103 cm³/mol.